The summed E-state index contributed by atoms with van der Waals surface area (Å²) in [6.45, 7) is 2.54. The van der Waals surface area contributed by atoms with Gasteiger partial charge >= 0.3 is 0 Å². The highest BCUT2D eigenvalue weighted by Gasteiger charge is 2.20. The number of hydrogen-bond acceptors (Lipinski definition) is 5. The van der Waals surface area contributed by atoms with Crippen LogP contribution in [0, 0.1) is 5.92 Å². The molecule has 0 bridgehead atoms. The number of carbonyl (C=O) groups is 1. The zero-order valence-electron chi connectivity index (χ0n) is 10.6. The lowest BCUT2D eigenvalue weighted by atomic mass is 10.00. The molecule has 0 radical (unpaired) electrons. The lowest BCUT2D eigenvalue weighted by molar-refractivity contribution is -0.112. The average Bonchev–Trinajstić information content (AvgIpc) is 3.09. The van der Waals surface area contributed by atoms with Crippen molar-refractivity contribution in [1.82, 2.24) is 10.1 Å². The zero-order chi connectivity index (χ0) is 13.1. The molecule has 5 heteroatoms. The predicted octanol–water partition coefficient (Wildman–Crippen LogP) is 2.35. The number of nitrogens with zero attached hydrogens (tertiary/aromatic N) is 2. The average molecular weight is 260 g/mol. The number of furan rings is 1. The summed E-state index contributed by atoms with van der Waals surface area (Å²) in [6, 6.07) is 5.55. The van der Waals surface area contributed by atoms with E-state index in [4.69, 9.17) is 8.94 Å². The van der Waals surface area contributed by atoms with Crippen LogP contribution in [0.25, 0.3) is 11.5 Å². The highest BCUT2D eigenvalue weighted by atomic mass is 16.5. The van der Waals surface area contributed by atoms with E-state index >= 15 is 0 Å². The quantitative estimate of drug-likeness (QED) is 0.790. The summed E-state index contributed by atoms with van der Waals surface area (Å²) in [5.74, 6) is 1.48. The third-order valence-electron chi connectivity index (χ3n) is 3.44. The Morgan fingerprint density at radius 2 is 2.42 bits per heavy atom. The summed E-state index contributed by atoms with van der Waals surface area (Å²) >= 11 is 0. The van der Waals surface area contributed by atoms with Crippen molar-refractivity contribution in [2.45, 2.75) is 19.4 Å². The number of carbonyl (C=O) groups excluding carboxylic acids is 1. The fraction of sp³-hybridized carbons (Fsp3) is 0.429. The standard InChI is InChI=1S/C14H16N2O3/c17-10-11-3-1-5-16(8-11)9-12-7-14(19-15-12)13-4-2-6-18-13/h2,4,6-7,10-11H,1,3,5,8-9H2. The van der Waals surface area contributed by atoms with Crippen LogP contribution in [-0.2, 0) is 11.3 Å². The van der Waals surface area contributed by atoms with Gasteiger partial charge in [0.25, 0.3) is 0 Å². The molecule has 19 heavy (non-hydrogen) atoms. The Morgan fingerprint density at radius 3 is 3.21 bits per heavy atom. The van der Waals surface area contributed by atoms with Crippen LogP contribution in [0.5, 0.6) is 0 Å². The predicted molar refractivity (Wildman–Crippen MR) is 68.3 cm³/mol. The summed E-state index contributed by atoms with van der Waals surface area (Å²) in [7, 11) is 0. The summed E-state index contributed by atoms with van der Waals surface area (Å²) in [4.78, 5) is 13.1. The van der Waals surface area contributed by atoms with Gasteiger partial charge in [0, 0.05) is 25.1 Å². The summed E-state index contributed by atoms with van der Waals surface area (Å²) in [6.07, 6.45) is 4.73. The molecule has 2 aromatic rings. The number of likely N-dealkylation sites (tertiary alicyclic amines) is 1. The van der Waals surface area contributed by atoms with Gasteiger partial charge in [0.15, 0.2) is 5.76 Å². The molecular formula is C14H16N2O3. The minimum Gasteiger partial charge on any atom is -0.461 e. The van der Waals surface area contributed by atoms with E-state index in [0.29, 0.717) is 18.1 Å². The number of aldehydes is 1. The van der Waals surface area contributed by atoms with Crippen molar-refractivity contribution in [1.29, 1.82) is 0 Å². The second-order valence-electron chi connectivity index (χ2n) is 4.93. The van der Waals surface area contributed by atoms with Crippen LogP contribution in [-0.4, -0.2) is 29.4 Å². The van der Waals surface area contributed by atoms with E-state index in [-0.39, 0.29) is 5.92 Å². The van der Waals surface area contributed by atoms with E-state index in [1.807, 2.05) is 18.2 Å². The molecule has 0 aliphatic carbocycles. The van der Waals surface area contributed by atoms with Crippen LogP contribution in [0.2, 0.25) is 0 Å². The number of piperidine rings is 1. The normalized spacial score (nSPS) is 20.5. The first-order chi connectivity index (χ1) is 9.35. The fourth-order valence-electron chi connectivity index (χ4n) is 2.50. The smallest absolute Gasteiger partial charge is 0.202 e. The SMILES string of the molecule is O=CC1CCCN(Cc2cc(-c3ccco3)on2)C1. The van der Waals surface area contributed by atoms with E-state index in [1.54, 1.807) is 6.26 Å². The molecule has 0 amide bonds. The first-order valence-electron chi connectivity index (χ1n) is 6.52. The van der Waals surface area contributed by atoms with E-state index in [2.05, 4.69) is 10.1 Å². The molecular weight excluding hydrogens is 244 g/mol. The summed E-state index contributed by atoms with van der Waals surface area (Å²) in [5, 5.41) is 4.05. The maximum atomic E-state index is 10.8. The molecule has 1 saturated heterocycles. The third kappa shape index (κ3) is 2.76. The van der Waals surface area contributed by atoms with Gasteiger partial charge in [-0.2, -0.15) is 0 Å². The molecule has 3 rings (SSSR count). The van der Waals surface area contributed by atoms with Crippen molar-refractivity contribution in [3.8, 4) is 11.5 Å². The highest BCUT2D eigenvalue weighted by molar-refractivity contribution is 5.54. The van der Waals surface area contributed by atoms with Crippen molar-refractivity contribution < 1.29 is 13.7 Å². The third-order valence-corrected chi connectivity index (χ3v) is 3.44. The van der Waals surface area contributed by atoms with Gasteiger partial charge in [-0.3, -0.25) is 4.90 Å². The molecule has 1 atom stereocenters. The summed E-state index contributed by atoms with van der Waals surface area (Å²) in [5.41, 5.74) is 0.873. The molecule has 1 aliphatic heterocycles. The minimum atomic E-state index is 0.158. The first kappa shape index (κ1) is 12.2. The molecule has 1 unspecified atom stereocenters. The maximum Gasteiger partial charge on any atom is 0.202 e. The van der Waals surface area contributed by atoms with Crippen LogP contribution in [0.4, 0.5) is 0 Å². The molecule has 1 fully saturated rings. The van der Waals surface area contributed by atoms with Crippen LogP contribution >= 0.6 is 0 Å². The minimum absolute atomic E-state index is 0.158. The van der Waals surface area contributed by atoms with Gasteiger partial charge < -0.3 is 13.7 Å². The van der Waals surface area contributed by atoms with Crippen molar-refractivity contribution >= 4 is 6.29 Å². The largest absolute Gasteiger partial charge is 0.461 e. The van der Waals surface area contributed by atoms with Crippen LogP contribution in [0.3, 0.4) is 0 Å². The lowest BCUT2D eigenvalue weighted by Gasteiger charge is -2.29. The zero-order valence-corrected chi connectivity index (χ0v) is 10.6. The van der Waals surface area contributed by atoms with E-state index in [1.165, 1.54) is 0 Å². The van der Waals surface area contributed by atoms with Gasteiger partial charge in [-0.1, -0.05) is 5.16 Å². The Morgan fingerprint density at radius 1 is 1.47 bits per heavy atom. The molecule has 100 valence electrons. The van der Waals surface area contributed by atoms with Gasteiger partial charge in [-0.15, -0.1) is 0 Å². The van der Waals surface area contributed by atoms with Gasteiger partial charge in [0.2, 0.25) is 5.76 Å². The Kier molecular flexibility index (Phi) is 3.46. The second-order valence-corrected chi connectivity index (χ2v) is 4.93. The number of hydrogen-bond donors (Lipinski definition) is 0. The molecule has 0 aromatic carbocycles. The Bertz CT molecular complexity index is 533. The van der Waals surface area contributed by atoms with Crippen molar-refractivity contribution in [3.05, 3.63) is 30.2 Å². The molecule has 1 aliphatic rings. The maximum absolute atomic E-state index is 10.8. The topological polar surface area (TPSA) is 59.5 Å². The van der Waals surface area contributed by atoms with Gasteiger partial charge in [0.1, 0.15) is 6.29 Å². The monoisotopic (exact) mass is 260 g/mol. The highest BCUT2D eigenvalue weighted by Crippen LogP contribution is 2.22. The Hall–Kier alpha value is -1.88. The van der Waals surface area contributed by atoms with E-state index in [0.717, 1.165) is 37.9 Å². The van der Waals surface area contributed by atoms with E-state index < -0.39 is 0 Å². The Labute approximate surface area is 111 Å². The fourth-order valence-corrected chi connectivity index (χ4v) is 2.50. The Balaban J connectivity index is 1.65. The number of aromatic nitrogens is 1. The molecule has 3 heterocycles. The van der Waals surface area contributed by atoms with Crippen LogP contribution < -0.4 is 0 Å². The number of rotatable bonds is 4. The lowest BCUT2D eigenvalue weighted by Crippen LogP contribution is -2.35. The molecule has 2 aromatic heterocycles. The molecule has 0 N–H and O–H groups in total. The van der Waals surface area contributed by atoms with Gasteiger partial charge in [-0.25, -0.2) is 0 Å². The molecule has 5 nitrogen and oxygen atoms in total. The van der Waals surface area contributed by atoms with Crippen LogP contribution in [0.1, 0.15) is 18.5 Å². The first-order valence-corrected chi connectivity index (χ1v) is 6.52. The van der Waals surface area contributed by atoms with Crippen molar-refractivity contribution in [3.63, 3.8) is 0 Å². The van der Waals surface area contributed by atoms with Crippen molar-refractivity contribution in [2.24, 2.45) is 5.92 Å². The van der Waals surface area contributed by atoms with E-state index in [9.17, 15) is 4.79 Å². The molecule has 0 saturated carbocycles. The van der Waals surface area contributed by atoms with Gasteiger partial charge in [-0.05, 0) is 31.5 Å². The summed E-state index contributed by atoms with van der Waals surface area (Å²) < 4.78 is 10.5. The molecule has 0 spiro atoms. The van der Waals surface area contributed by atoms with Gasteiger partial charge in [0.05, 0.1) is 12.0 Å². The second kappa shape index (κ2) is 5.40. The van der Waals surface area contributed by atoms with Crippen LogP contribution in [0.15, 0.2) is 33.4 Å². The van der Waals surface area contributed by atoms with Crippen molar-refractivity contribution in [2.75, 3.05) is 13.1 Å².